The van der Waals surface area contributed by atoms with Gasteiger partial charge in [-0.3, -0.25) is 9.59 Å². The van der Waals surface area contributed by atoms with Crippen LogP contribution in [0, 0.1) is 11.7 Å². The Morgan fingerprint density at radius 3 is 2.81 bits per heavy atom. The van der Waals surface area contributed by atoms with E-state index in [9.17, 15) is 18.4 Å². The number of hydrogen-bond donors (Lipinski definition) is 1. The molecule has 0 spiro atoms. The zero-order chi connectivity index (χ0) is 15.0. The smallest absolute Gasteiger partial charge is 0.287 e. The van der Waals surface area contributed by atoms with Crippen molar-refractivity contribution in [3.63, 3.8) is 0 Å². The normalized spacial score (nSPS) is 21.0. The number of halogens is 2. The Morgan fingerprint density at radius 2 is 2.10 bits per heavy atom. The highest BCUT2D eigenvalue weighted by Gasteiger charge is 2.29. The summed E-state index contributed by atoms with van der Waals surface area (Å²) in [4.78, 5) is 23.8. The van der Waals surface area contributed by atoms with E-state index in [2.05, 4.69) is 5.32 Å². The fraction of sp³-hybridized carbons (Fsp3) is 0.333. The molecule has 110 valence electrons. The topological polar surface area (TPSA) is 59.3 Å². The molecule has 1 N–H and O–H groups in total. The number of alkyl halides is 1. The van der Waals surface area contributed by atoms with Crippen molar-refractivity contribution < 1.29 is 18.0 Å². The zero-order valence-electron chi connectivity index (χ0n) is 11.1. The highest BCUT2D eigenvalue weighted by atomic mass is 19.1. The summed E-state index contributed by atoms with van der Waals surface area (Å²) in [7, 11) is 0. The molecule has 0 radical (unpaired) electrons. The molecule has 6 heteroatoms. The van der Waals surface area contributed by atoms with E-state index < -0.39 is 23.3 Å². The number of nitrogens with one attached hydrogen (secondary N) is 1. The number of carbonyl (C=O) groups is 1. The van der Waals surface area contributed by atoms with Gasteiger partial charge in [-0.2, -0.15) is 0 Å². The number of hydrogen-bond acceptors (Lipinski definition) is 3. The van der Waals surface area contributed by atoms with Crippen molar-refractivity contribution in [2.45, 2.75) is 19.0 Å². The highest BCUT2D eigenvalue weighted by molar-refractivity contribution is 5.93. The predicted molar refractivity (Wildman–Crippen MR) is 72.4 cm³/mol. The summed E-state index contributed by atoms with van der Waals surface area (Å²) in [5.74, 6) is -1.07. The van der Waals surface area contributed by atoms with Crippen molar-refractivity contribution in [1.82, 2.24) is 5.32 Å². The molecule has 1 aromatic heterocycles. The third-order valence-corrected chi connectivity index (χ3v) is 3.64. The second-order valence-electron chi connectivity index (χ2n) is 5.26. The van der Waals surface area contributed by atoms with Crippen LogP contribution in [0.3, 0.4) is 0 Å². The van der Waals surface area contributed by atoms with Crippen LogP contribution in [0.25, 0.3) is 11.0 Å². The minimum atomic E-state index is -0.777. The van der Waals surface area contributed by atoms with Crippen molar-refractivity contribution in [2.24, 2.45) is 5.92 Å². The van der Waals surface area contributed by atoms with E-state index in [1.807, 2.05) is 0 Å². The Kier molecular flexibility index (Phi) is 3.45. The summed E-state index contributed by atoms with van der Waals surface area (Å²) in [6.45, 7) is 0.352. The maximum absolute atomic E-state index is 13.1. The molecule has 1 aliphatic carbocycles. The Hall–Kier alpha value is -2.24. The van der Waals surface area contributed by atoms with Gasteiger partial charge in [-0.15, -0.1) is 0 Å². The highest BCUT2D eigenvalue weighted by Crippen LogP contribution is 2.29. The van der Waals surface area contributed by atoms with E-state index in [0.717, 1.165) is 18.2 Å². The molecular weight excluding hydrogens is 280 g/mol. The molecule has 21 heavy (non-hydrogen) atoms. The lowest BCUT2D eigenvalue weighted by Crippen LogP contribution is -2.37. The summed E-state index contributed by atoms with van der Waals surface area (Å²) in [5, 5.41) is 2.70. The third kappa shape index (κ3) is 2.79. The molecule has 0 saturated heterocycles. The molecule has 2 aromatic rings. The summed E-state index contributed by atoms with van der Waals surface area (Å²) in [6.07, 6.45) is 0.114. The SMILES string of the molecule is O=C(NCC1CC(F)C1)c1cc(=O)c2cc(F)ccc2o1. The van der Waals surface area contributed by atoms with Gasteiger partial charge in [-0.25, -0.2) is 8.78 Å². The first kappa shape index (κ1) is 13.7. The Bertz CT molecular complexity index is 750. The monoisotopic (exact) mass is 293 g/mol. The minimum Gasteiger partial charge on any atom is -0.451 e. The first-order chi connectivity index (χ1) is 10.0. The molecular formula is C15H13F2NO3. The molecule has 0 unspecified atom stereocenters. The third-order valence-electron chi connectivity index (χ3n) is 3.64. The van der Waals surface area contributed by atoms with Gasteiger partial charge in [0.05, 0.1) is 5.39 Å². The van der Waals surface area contributed by atoms with Crippen LogP contribution >= 0.6 is 0 Å². The standard InChI is InChI=1S/C15H13F2NO3/c16-9-1-2-13-11(5-9)12(19)6-14(21-13)15(20)18-7-8-3-10(17)4-8/h1-2,5-6,8,10H,3-4,7H2,(H,18,20). The van der Waals surface area contributed by atoms with Gasteiger partial charge in [-0.05, 0) is 37.0 Å². The summed E-state index contributed by atoms with van der Waals surface area (Å²) in [6, 6.07) is 4.57. The second-order valence-corrected chi connectivity index (χ2v) is 5.26. The first-order valence-electron chi connectivity index (χ1n) is 6.68. The Balaban J connectivity index is 1.78. The molecule has 1 heterocycles. The van der Waals surface area contributed by atoms with E-state index >= 15 is 0 Å². The van der Waals surface area contributed by atoms with E-state index in [0.29, 0.717) is 19.4 Å². The molecule has 1 fully saturated rings. The van der Waals surface area contributed by atoms with E-state index in [1.54, 1.807) is 0 Å². The van der Waals surface area contributed by atoms with Crippen LogP contribution in [-0.2, 0) is 0 Å². The first-order valence-corrected chi connectivity index (χ1v) is 6.68. The molecule has 1 aliphatic rings. The van der Waals surface area contributed by atoms with Gasteiger partial charge in [-0.1, -0.05) is 0 Å². The van der Waals surface area contributed by atoms with Crippen LogP contribution in [0.2, 0.25) is 0 Å². The number of carbonyl (C=O) groups excluding carboxylic acids is 1. The van der Waals surface area contributed by atoms with Crippen molar-refractivity contribution in [1.29, 1.82) is 0 Å². The molecule has 3 rings (SSSR count). The van der Waals surface area contributed by atoms with Crippen LogP contribution in [0.5, 0.6) is 0 Å². The number of rotatable bonds is 3. The van der Waals surface area contributed by atoms with Crippen LogP contribution in [0.1, 0.15) is 23.4 Å². The molecule has 1 aromatic carbocycles. The largest absolute Gasteiger partial charge is 0.451 e. The fourth-order valence-corrected chi connectivity index (χ4v) is 2.39. The van der Waals surface area contributed by atoms with Crippen LogP contribution < -0.4 is 10.7 Å². The molecule has 1 amide bonds. The maximum atomic E-state index is 13.1. The summed E-state index contributed by atoms with van der Waals surface area (Å²) >= 11 is 0. The van der Waals surface area contributed by atoms with E-state index in [-0.39, 0.29) is 22.6 Å². The molecule has 4 nitrogen and oxygen atoms in total. The second kappa shape index (κ2) is 5.27. The van der Waals surface area contributed by atoms with Crippen molar-refractivity contribution in [3.8, 4) is 0 Å². The Morgan fingerprint density at radius 1 is 1.33 bits per heavy atom. The summed E-state index contributed by atoms with van der Waals surface area (Å²) in [5.41, 5.74) is -0.324. The summed E-state index contributed by atoms with van der Waals surface area (Å²) < 4.78 is 31.1. The lowest BCUT2D eigenvalue weighted by Gasteiger charge is -2.29. The van der Waals surface area contributed by atoms with Gasteiger partial charge in [0.15, 0.2) is 11.2 Å². The van der Waals surface area contributed by atoms with Gasteiger partial charge in [0.1, 0.15) is 17.6 Å². The lowest BCUT2D eigenvalue weighted by atomic mass is 9.83. The van der Waals surface area contributed by atoms with Gasteiger partial charge in [0.25, 0.3) is 5.91 Å². The number of benzene rings is 1. The molecule has 0 aliphatic heterocycles. The maximum Gasteiger partial charge on any atom is 0.287 e. The van der Waals surface area contributed by atoms with Gasteiger partial charge in [0, 0.05) is 12.6 Å². The van der Waals surface area contributed by atoms with Crippen molar-refractivity contribution in [3.05, 3.63) is 46.1 Å². The van der Waals surface area contributed by atoms with Crippen LogP contribution in [0.15, 0.2) is 33.5 Å². The van der Waals surface area contributed by atoms with Crippen molar-refractivity contribution >= 4 is 16.9 Å². The van der Waals surface area contributed by atoms with Gasteiger partial charge < -0.3 is 9.73 Å². The number of fused-ring (bicyclic) bond motifs is 1. The minimum absolute atomic E-state index is 0.0887. The zero-order valence-corrected chi connectivity index (χ0v) is 11.1. The van der Waals surface area contributed by atoms with Gasteiger partial charge >= 0.3 is 0 Å². The van der Waals surface area contributed by atoms with E-state index in [1.165, 1.54) is 6.07 Å². The molecule has 0 bridgehead atoms. The number of amides is 1. The van der Waals surface area contributed by atoms with Crippen molar-refractivity contribution in [2.75, 3.05) is 6.54 Å². The Labute approximate surface area is 118 Å². The van der Waals surface area contributed by atoms with Crippen LogP contribution in [0.4, 0.5) is 8.78 Å². The fourth-order valence-electron chi connectivity index (χ4n) is 2.39. The average molecular weight is 293 g/mol. The van der Waals surface area contributed by atoms with Gasteiger partial charge in [0.2, 0.25) is 0 Å². The lowest BCUT2D eigenvalue weighted by molar-refractivity contribution is 0.0871. The average Bonchev–Trinajstić information content (AvgIpc) is 2.42. The molecule has 0 atom stereocenters. The molecule has 1 saturated carbocycles. The van der Waals surface area contributed by atoms with Crippen LogP contribution in [-0.4, -0.2) is 18.6 Å². The van der Waals surface area contributed by atoms with E-state index in [4.69, 9.17) is 4.42 Å². The quantitative estimate of drug-likeness (QED) is 0.945. The predicted octanol–water partition coefficient (Wildman–Crippen LogP) is 2.41.